The summed E-state index contributed by atoms with van der Waals surface area (Å²) in [6, 6.07) is 9.51. The zero-order chi connectivity index (χ0) is 19.7. The molecule has 0 bridgehead atoms. The van der Waals surface area contributed by atoms with E-state index in [2.05, 4.69) is 25.8 Å². The second kappa shape index (κ2) is 10.0. The van der Waals surface area contributed by atoms with Crippen molar-refractivity contribution in [2.75, 3.05) is 19.7 Å². The Kier molecular flexibility index (Phi) is 7.75. The molecular formula is C19H29N5O3. The van der Waals surface area contributed by atoms with E-state index in [1.165, 1.54) is 0 Å². The molecule has 0 saturated carbocycles. The van der Waals surface area contributed by atoms with E-state index in [1.807, 2.05) is 51.1 Å². The lowest BCUT2D eigenvalue weighted by Crippen LogP contribution is -2.44. The molecule has 0 aliphatic carbocycles. The lowest BCUT2D eigenvalue weighted by atomic mass is 9.96. The van der Waals surface area contributed by atoms with Gasteiger partial charge in [0.2, 0.25) is 5.89 Å². The minimum atomic E-state index is -1.03. The molecule has 1 aromatic heterocycles. The summed E-state index contributed by atoms with van der Waals surface area (Å²) in [4.78, 5) is 8.75. The lowest BCUT2D eigenvalue weighted by Gasteiger charge is -2.25. The number of aliphatic hydroxyl groups is 1. The second-order valence-corrected chi connectivity index (χ2v) is 6.33. The smallest absolute Gasteiger partial charge is 0.248 e. The first-order valence-electron chi connectivity index (χ1n) is 9.20. The summed E-state index contributed by atoms with van der Waals surface area (Å²) in [6.07, 6.45) is -0.219. The molecule has 0 aliphatic heterocycles. The largest absolute Gasteiger partial charge is 0.384 e. The first-order valence-corrected chi connectivity index (χ1v) is 9.20. The molecule has 2 rings (SSSR count). The standard InChI is InChI=1S/C19H29N5O3/c1-5-20-18(22-13-19(4,25)15-10-8-7-9-11-15)21-12-16-23-17(24-27-16)14(3)26-6-2/h7-11,14,25H,5-6,12-13H2,1-4H3,(H2,20,21,22). The van der Waals surface area contributed by atoms with Crippen molar-refractivity contribution < 1.29 is 14.4 Å². The number of guanidine groups is 1. The van der Waals surface area contributed by atoms with Crippen LogP contribution in [0.4, 0.5) is 0 Å². The van der Waals surface area contributed by atoms with Gasteiger partial charge < -0.3 is 25.0 Å². The van der Waals surface area contributed by atoms with Crippen molar-refractivity contribution in [2.45, 2.75) is 45.9 Å². The van der Waals surface area contributed by atoms with Gasteiger partial charge in [0.15, 0.2) is 11.8 Å². The Labute approximate surface area is 160 Å². The molecular weight excluding hydrogens is 346 g/mol. The molecule has 1 heterocycles. The number of aromatic nitrogens is 2. The van der Waals surface area contributed by atoms with Gasteiger partial charge in [-0.1, -0.05) is 35.5 Å². The topological polar surface area (TPSA) is 105 Å². The van der Waals surface area contributed by atoms with Gasteiger partial charge in [-0.25, -0.2) is 4.99 Å². The number of hydrogen-bond acceptors (Lipinski definition) is 6. The van der Waals surface area contributed by atoms with Gasteiger partial charge in [-0.3, -0.25) is 0 Å². The number of nitrogens with zero attached hydrogens (tertiary/aromatic N) is 3. The van der Waals surface area contributed by atoms with Gasteiger partial charge in [0.05, 0.1) is 6.54 Å². The molecule has 0 radical (unpaired) electrons. The molecule has 27 heavy (non-hydrogen) atoms. The van der Waals surface area contributed by atoms with Crippen LogP contribution in [0.25, 0.3) is 0 Å². The van der Waals surface area contributed by atoms with Gasteiger partial charge >= 0.3 is 0 Å². The van der Waals surface area contributed by atoms with Crippen molar-refractivity contribution in [1.82, 2.24) is 20.8 Å². The molecule has 2 atom stereocenters. The van der Waals surface area contributed by atoms with Crippen molar-refractivity contribution in [3.05, 3.63) is 47.6 Å². The van der Waals surface area contributed by atoms with Crippen LogP contribution in [0.5, 0.6) is 0 Å². The monoisotopic (exact) mass is 375 g/mol. The average Bonchev–Trinajstić information content (AvgIpc) is 3.14. The Morgan fingerprint density at radius 2 is 2.04 bits per heavy atom. The molecule has 0 fully saturated rings. The fourth-order valence-corrected chi connectivity index (χ4v) is 2.47. The number of ether oxygens (including phenoxy) is 1. The summed E-state index contributed by atoms with van der Waals surface area (Å²) >= 11 is 0. The maximum Gasteiger partial charge on any atom is 0.248 e. The minimum absolute atomic E-state index is 0.219. The maximum absolute atomic E-state index is 10.7. The van der Waals surface area contributed by atoms with E-state index >= 15 is 0 Å². The van der Waals surface area contributed by atoms with Crippen LogP contribution in [-0.2, 0) is 16.9 Å². The minimum Gasteiger partial charge on any atom is -0.384 e. The molecule has 1 aromatic carbocycles. The maximum atomic E-state index is 10.7. The van der Waals surface area contributed by atoms with Crippen molar-refractivity contribution in [2.24, 2.45) is 4.99 Å². The van der Waals surface area contributed by atoms with Gasteiger partial charge in [-0.2, -0.15) is 4.98 Å². The summed E-state index contributed by atoms with van der Waals surface area (Å²) in [5.74, 6) is 1.47. The van der Waals surface area contributed by atoms with Crippen LogP contribution in [-0.4, -0.2) is 40.9 Å². The van der Waals surface area contributed by atoms with Gasteiger partial charge in [0.1, 0.15) is 18.2 Å². The predicted molar refractivity (Wildman–Crippen MR) is 103 cm³/mol. The van der Waals surface area contributed by atoms with Crippen LogP contribution in [0, 0.1) is 0 Å². The van der Waals surface area contributed by atoms with E-state index in [1.54, 1.807) is 6.92 Å². The molecule has 3 N–H and O–H groups in total. The lowest BCUT2D eigenvalue weighted by molar-refractivity contribution is 0.0617. The van der Waals surface area contributed by atoms with Crippen molar-refractivity contribution in [1.29, 1.82) is 0 Å². The van der Waals surface area contributed by atoms with Crippen molar-refractivity contribution in [3.63, 3.8) is 0 Å². The average molecular weight is 375 g/mol. The molecule has 8 heteroatoms. The molecule has 0 aliphatic rings. The Balaban J connectivity index is 1.98. The molecule has 0 amide bonds. The number of nitrogens with one attached hydrogen (secondary N) is 2. The third-order valence-electron chi connectivity index (χ3n) is 3.98. The van der Waals surface area contributed by atoms with Crippen LogP contribution >= 0.6 is 0 Å². The molecule has 8 nitrogen and oxygen atoms in total. The zero-order valence-electron chi connectivity index (χ0n) is 16.4. The molecule has 2 unspecified atom stereocenters. The fourth-order valence-electron chi connectivity index (χ4n) is 2.47. The Hall–Kier alpha value is -2.45. The van der Waals surface area contributed by atoms with Crippen LogP contribution in [0.2, 0.25) is 0 Å². The summed E-state index contributed by atoms with van der Waals surface area (Å²) in [5.41, 5.74) is -0.193. The summed E-state index contributed by atoms with van der Waals surface area (Å²) in [5, 5.41) is 20.9. The quantitative estimate of drug-likeness (QED) is 0.455. The molecule has 2 aromatic rings. The van der Waals surface area contributed by atoms with Gasteiger partial charge in [0.25, 0.3) is 0 Å². The molecule has 0 saturated heterocycles. The highest BCUT2D eigenvalue weighted by Gasteiger charge is 2.23. The van der Waals surface area contributed by atoms with Crippen molar-refractivity contribution >= 4 is 5.96 Å². The van der Waals surface area contributed by atoms with Gasteiger partial charge in [-0.15, -0.1) is 0 Å². The summed E-state index contributed by atoms with van der Waals surface area (Å²) < 4.78 is 10.7. The summed E-state index contributed by atoms with van der Waals surface area (Å²) in [6.45, 7) is 9.33. The normalized spacial score (nSPS) is 15.2. The third-order valence-corrected chi connectivity index (χ3v) is 3.98. The molecule has 0 spiro atoms. The van der Waals surface area contributed by atoms with Crippen LogP contribution in [0.15, 0.2) is 39.8 Å². The summed E-state index contributed by atoms with van der Waals surface area (Å²) in [7, 11) is 0. The predicted octanol–water partition coefficient (Wildman–Crippen LogP) is 2.13. The molecule has 148 valence electrons. The SMILES string of the molecule is CCNC(=NCc1nc(C(C)OCC)no1)NCC(C)(O)c1ccccc1. The Morgan fingerprint density at radius 1 is 1.30 bits per heavy atom. The number of aliphatic imine (C=N–C) groups is 1. The first kappa shape index (κ1) is 20.9. The highest BCUT2D eigenvalue weighted by molar-refractivity contribution is 5.79. The second-order valence-electron chi connectivity index (χ2n) is 6.33. The van der Waals surface area contributed by atoms with Gasteiger partial charge in [0, 0.05) is 13.2 Å². The van der Waals surface area contributed by atoms with Crippen LogP contribution in [0.1, 0.15) is 51.1 Å². The first-order chi connectivity index (χ1) is 13.0. The van der Waals surface area contributed by atoms with Crippen LogP contribution < -0.4 is 10.6 Å². The highest BCUT2D eigenvalue weighted by atomic mass is 16.5. The zero-order valence-corrected chi connectivity index (χ0v) is 16.4. The van der Waals surface area contributed by atoms with Gasteiger partial charge in [-0.05, 0) is 33.3 Å². The Bertz CT molecular complexity index is 715. The van der Waals surface area contributed by atoms with E-state index in [9.17, 15) is 5.11 Å². The van der Waals surface area contributed by atoms with E-state index < -0.39 is 5.60 Å². The van der Waals surface area contributed by atoms with E-state index in [0.717, 1.165) is 5.56 Å². The number of hydrogen-bond donors (Lipinski definition) is 3. The van der Waals surface area contributed by atoms with E-state index in [4.69, 9.17) is 9.26 Å². The third kappa shape index (κ3) is 6.33. The number of rotatable bonds is 9. The van der Waals surface area contributed by atoms with E-state index in [-0.39, 0.29) is 12.6 Å². The number of benzene rings is 1. The highest BCUT2D eigenvalue weighted by Crippen LogP contribution is 2.19. The van der Waals surface area contributed by atoms with Crippen LogP contribution in [0.3, 0.4) is 0 Å². The van der Waals surface area contributed by atoms with E-state index in [0.29, 0.717) is 37.4 Å². The fraction of sp³-hybridized carbons (Fsp3) is 0.526. The van der Waals surface area contributed by atoms with Crippen molar-refractivity contribution in [3.8, 4) is 0 Å². The Morgan fingerprint density at radius 3 is 2.70 bits per heavy atom.